The summed E-state index contributed by atoms with van der Waals surface area (Å²) in [5.74, 6) is 0. The van der Waals surface area contributed by atoms with Crippen LogP contribution in [0.25, 0.3) is 11.3 Å². The number of nitrogens with two attached hydrogens (primary N) is 1. The number of pyridine rings is 1. The van der Waals surface area contributed by atoms with E-state index in [2.05, 4.69) is 18.2 Å². The number of aryl methyl sites for hydroxylation is 2. The summed E-state index contributed by atoms with van der Waals surface area (Å²) in [6, 6.07) is 10.1. The molecule has 1 aromatic heterocycles. The van der Waals surface area contributed by atoms with Crippen LogP contribution in [0.1, 0.15) is 29.5 Å². The second-order valence-electron chi connectivity index (χ2n) is 5.55. The molecular weight excluding hydrogens is 280 g/mol. The van der Waals surface area contributed by atoms with E-state index in [4.69, 9.17) is 18.0 Å². The number of thiocarbonyl (C=S) groups is 1. The fourth-order valence-electron chi connectivity index (χ4n) is 3.01. The molecule has 1 heterocycles. The summed E-state index contributed by atoms with van der Waals surface area (Å²) < 4.78 is 1.62. The molecule has 0 fully saturated rings. The van der Waals surface area contributed by atoms with Crippen LogP contribution in [0.4, 0.5) is 0 Å². The van der Waals surface area contributed by atoms with Crippen molar-refractivity contribution in [1.29, 1.82) is 0 Å². The van der Waals surface area contributed by atoms with E-state index in [9.17, 15) is 4.79 Å². The van der Waals surface area contributed by atoms with E-state index < -0.39 is 0 Å². The van der Waals surface area contributed by atoms with Gasteiger partial charge in [0.05, 0.1) is 11.3 Å². The molecule has 2 aromatic rings. The minimum Gasteiger partial charge on any atom is -0.389 e. The Morgan fingerprint density at radius 3 is 2.57 bits per heavy atom. The maximum absolute atomic E-state index is 12.3. The SMILES string of the molecule is Cn1c(-c2ccc3c(c2)CCCC3)ccc(C(N)=S)c1=O. The molecular formula is C17H18N2OS. The summed E-state index contributed by atoms with van der Waals surface area (Å²) in [4.78, 5) is 12.4. The first kappa shape index (κ1) is 14.0. The van der Waals surface area contributed by atoms with Gasteiger partial charge in [-0.1, -0.05) is 24.4 Å². The molecule has 0 bridgehead atoms. The average Bonchev–Trinajstić information content (AvgIpc) is 2.49. The van der Waals surface area contributed by atoms with Gasteiger partial charge in [0.15, 0.2) is 0 Å². The van der Waals surface area contributed by atoms with Crippen LogP contribution in [0.5, 0.6) is 0 Å². The van der Waals surface area contributed by atoms with Gasteiger partial charge in [-0.05, 0) is 60.6 Å². The first-order chi connectivity index (χ1) is 10.1. The highest BCUT2D eigenvalue weighted by Crippen LogP contribution is 2.26. The Balaban J connectivity index is 2.11. The molecule has 1 aliphatic rings. The van der Waals surface area contributed by atoms with E-state index in [0.717, 1.165) is 24.1 Å². The molecule has 0 aliphatic heterocycles. The van der Waals surface area contributed by atoms with E-state index in [-0.39, 0.29) is 10.5 Å². The van der Waals surface area contributed by atoms with Crippen molar-refractivity contribution in [3.8, 4) is 11.3 Å². The molecule has 1 aliphatic carbocycles. The molecule has 108 valence electrons. The zero-order valence-corrected chi connectivity index (χ0v) is 12.9. The highest BCUT2D eigenvalue weighted by atomic mass is 32.1. The summed E-state index contributed by atoms with van der Waals surface area (Å²) in [6.07, 6.45) is 4.81. The summed E-state index contributed by atoms with van der Waals surface area (Å²) in [6.45, 7) is 0. The molecule has 0 radical (unpaired) electrons. The number of benzene rings is 1. The van der Waals surface area contributed by atoms with Crippen LogP contribution in [0, 0.1) is 0 Å². The smallest absolute Gasteiger partial charge is 0.261 e. The van der Waals surface area contributed by atoms with Crippen molar-refractivity contribution in [3.05, 3.63) is 57.4 Å². The van der Waals surface area contributed by atoms with Gasteiger partial charge < -0.3 is 10.3 Å². The van der Waals surface area contributed by atoms with Crippen LogP contribution in [-0.2, 0) is 19.9 Å². The van der Waals surface area contributed by atoms with E-state index in [1.54, 1.807) is 17.7 Å². The third-order valence-corrected chi connectivity index (χ3v) is 4.43. The van der Waals surface area contributed by atoms with Crippen LogP contribution >= 0.6 is 12.2 Å². The van der Waals surface area contributed by atoms with Crippen molar-refractivity contribution in [2.45, 2.75) is 25.7 Å². The molecule has 1 aromatic carbocycles. The Bertz CT molecular complexity index is 777. The van der Waals surface area contributed by atoms with Crippen molar-refractivity contribution in [3.63, 3.8) is 0 Å². The normalized spacial score (nSPS) is 13.8. The summed E-state index contributed by atoms with van der Waals surface area (Å²) >= 11 is 4.91. The van der Waals surface area contributed by atoms with Gasteiger partial charge in [0.1, 0.15) is 4.99 Å². The Kier molecular flexibility index (Phi) is 3.64. The molecule has 2 N–H and O–H groups in total. The van der Waals surface area contributed by atoms with Gasteiger partial charge in [0.25, 0.3) is 5.56 Å². The van der Waals surface area contributed by atoms with Gasteiger partial charge in [-0.25, -0.2) is 0 Å². The van der Waals surface area contributed by atoms with E-state index in [1.165, 1.54) is 24.0 Å². The molecule has 3 nitrogen and oxygen atoms in total. The van der Waals surface area contributed by atoms with Gasteiger partial charge in [0.2, 0.25) is 0 Å². The lowest BCUT2D eigenvalue weighted by Gasteiger charge is -2.17. The van der Waals surface area contributed by atoms with Crippen molar-refractivity contribution < 1.29 is 0 Å². The maximum Gasteiger partial charge on any atom is 0.261 e. The van der Waals surface area contributed by atoms with Crippen LogP contribution in [0.3, 0.4) is 0 Å². The standard InChI is InChI=1S/C17H18N2OS/c1-19-15(9-8-14(16(18)21)17(19)20)13-7-6-11-4-2-3-5-12(11)10-13/h6-10H,2-5H2,1H3,(H2,18,21). The van der Waals surface area contributed by atoms with E-state index >= 15 is 0 Å². The van der Waals surface area contributed by atoms with Crippen molar-refractivity contribution >= 4 is 17.2 Å². The second kappa shape index (κ2) is 5.45. The first-order valence-electron chi connectivity index (χ1n) is 7.20. The monoisotopic (exact) mass is 298 g/mol. The number of rotatable bonds is 2. The lowest BCUT2D eigenvalue weighted by atomic mass is 9.90. The second-order valence-corrected chi connectivity index (χ2v) is 5.99. The lowest BCUT2D eigenvalue weighted by molar-refractivity contribution is 0.685. The summed E-state index contributed by atoms with van der Waals surface area (Å²) in [7, 11) is 1.76. The van der Waals surface area contributed by atoms with Crippen molar-refractivity contribution in [1.82, 2.24) is 4.57 Å². The summed E-state index contributed by atoms with van der Waals surface area (Å²) in [5, 5.41) is 0. The van der Waals surface area contributed by atoms with Crippen molar-refractivity contribution in [2.75, 3.05) is 0 Å². The van der Waals surface area contributed by atoms with Crippen LogP contribution in [0.2, 0.25) is 0 Å². The Hall–Kier alpha value is -1.94. The predicted octanol–water partition coefficient (Wildman–Crippen LogP) is 2.57. The zero-order chi connectivity index (χ0) is 15.0. The number of aromatic nitrogens is 1. The topological polar surface area (TPSA) is 48.0 Å². The zero-order valence-electron chi connectivity index (χ0n) is 12.1. The van der Waals surface area contributed by atoms with E-state index in [0.29, 0.717) is 5.56 Å². The maximum atomic E-state index is 12.3. The molecule has 21 heavy (non-hydrogen) atoms. The number of nitrogens with zero attached hydrogens (tertiary/aromatic N) is 1. The first-order valence-corrected chi connectivity index (χ1v) is 7.61. The highest BCUT2D eigenvalue weighted by Gasteiger charge is 2.13. The van der Waals surface area contributed by atoms with Gasteiger partial charge in [0, 0.05) is 7.05 Å². The van der Waals surface area contributed by atoms with Crippen LogP contribution in [0.15, 0.2) is 35.1 Å². The van der Waals surface area contributed by atoms with Gasteiger partial charge >= 0.3 is 0 Å². The predicted molar refractivity (Wildman–Crippen MR) is 89.6 cm³/mol. The lowest BCUT2D eigenvalue weighted by Crippen LogP contribution is -2.28. The van der Waals surface area contributed by atoms with E-state index in [1.807, 2.05) is 6.07 Å². The largest absolute Gasteiger partial charge is 0.389 e. The minimum atomic E-state index is -0.141. The van der Waals surface area contributed by atoms with Crippen LogP contribution < -0.4 is 11.3 Å². The van der Waals surface area contributed by atoms with Gasteiger partial charge in [-0.3, -0.25) is 4.79 Å². The molecule has 4 heteroatoms. The molecule has 3 rings (SSSR count). The number of hydrogen-bond acceptors (Lipinski definition) is 2. The van der Waals surface area contributed by atoms with Crippen LogP contribution in [-0.4, -0.2) is 9.56 Å². The number of hydrogen-bond donors (Lipinski definition) is 1. The molecule has 0 unspecified atom stereocenters. The fraction of sp³-hybridized carbons (Fsp3) is 0.294. The van der Waals surface area contributed by atoms with Gasteiger partial charge in [-0.15, -0.1) is 0 Å². The molecule has 0 atom stereocenters. The third kappa shape index (κ3) is 2.51. The Morgan fingerprint density at radius 1 is 1.14 bits per heavy atom. The Labute approximate surface area is 129 Å². The fourth-order valence-corrected chi connectivity index (χ4v) is 3.16. The quantitative estimate of drug-likeness (QED) is 0.867. The molecule has 0 spiro atoms. The minimum absolute atomic E-state index is 0.141. The molecule has 0 saturated heterocycles. The highest BCUT2D eigenvalue weighted by molar-refractivity contribution is 7.80. The van der Waals surface area contributed by atoms with Gasteiger partial charge in [-0.2, -0.15) is 0 Å². The third-order valence-electron chi connectivity index (χ3n) is 4.21. The van der Waals surface area contributed by atoms with Crippen molar-refractivity contribution in [2.24, 2.45) is 12.8 Å². The Morgan fingerprint density at radius 2 is 1.86 bits per heavy atom. The molecule has 0 saturated carbocycles. The molecule has 0 amide bonds. The summed E-state index contributed by atoms with van der Waals surface area (Å²) in [5.41, 5.74) is 10.7. The number of fused-ring (bicyclic) bond motifs is 1. The average molecular weight is 298 g/mol.